The van der Waals surface area contributed by atoms with Gasteiger partial charge >= 0.3 is 7.12 Å². The first-order valence-electron chi connectivity index (χ1n) is 11.1. The van der Waals surface area contributed by atoms with Crippen molar-refractivity contribution in [1.29, 1.82) is 0 Å². The molecule has 0 amide bonds. The summed E-state index contributed by atoms with van der Waals surface area (Å²) in [5.41, 5.74) is 1.89. The first kappa shape index (κ1) is 26.1. The third kappa shape index (κ3) is 7.78. The van der Waals surface area contributed by atoms with Gasteiger partial charge in [0.2, 0.25) is 0 Å². The van der Waals surface area contributed by atoms with Gasteiger partial charge in [0, 0.05) is 36.9 Å². The standard InChI is InChI=1S/C24H36BNO6/c1-6-9-31-23-11-18(7-8-22(23)30-5)19-10-20(15-26-14-19)21(16-27)13-25(29)32-24(3,4)12-17(2)28/h7-8,10-11,14-15,17,21,27-29H,6,9,12-13,16H2,1-5H3/t17-,21-/m0/s1. The summed E-state index contributed by atoms with van der Waals surface area (Å²) in [6, 6.07) is 7.66. The molecule has 2 atom stereocenters. The number of hydrogen-bond acceptors (Lipinski definition) is 7. The Morgan fingerprint density at radius 1 is 1.12 bits per heavy atom. The van der Waals surface area contributed by atoms with E-state index >= 15 is 0 Å². The Morgan fingerprint density at radius 3 is 2.50 bits per heavy atom. The minimum Gasteiger partial charge on any atom is -0.493 e. The molecule has 2 rings (SSSR count). The molecule has 3 N–H and O–H groups in total. The van der Waals surface area contributed by atoms with E-state index in [0.717, 1.165) is 23.1 Å². The predicted molar refractivity (Wildman–Crippen MR) is 126 cm³/mol. The molecule has 0 saturated heterocycles. The fourth-order valence-corrected chi connectivity index (χ4v) is 3.76. The number of pyridine rings is 1. The van der Waals surface area contributed by atoms with E-state index in [9.17, 15) is 15.2 Å². The number of nitrogens with zero attached hydrogens (tertiary/aromatic N) is 1. The Morgan fingerprint density at radius 2 is 1.88 bits per heavy atom. The molecule has 0 saturated carbocycles. The highest BCUT2D eigenvalue weighted by atomic mass is 16.5. The van der Waals surface area contributed by atoms with Gasteiger partial charge in [-0.3, -0.25) is 4.98 Å². The number of aliphatic hydroxyl groups is 2. The molecule has 7 nitrogen and oxygen atoms in total. The highest BCUT2D eigenvalue weighted by Gasteiger charge is 2.30. The molecular formula is C24H36BNO6. The average Bonchev–Trinajstić information content (AvgIpc) is 2.74. The zero-order valence-corrected chi connectivity index (χ0v) is 19.7. The van der Waals surface area contributed by atoms with Crippen molar-refractivity contribution in [2.45, 2.75) is 64.5 Å². The molecular weight excluding hydrogens is 409 g/mol. The number of ether oxygens (including phenoxy) is 2. The molecule has 0 aliphatic heterocycles. The first-order chi connectivity index (χ1) is 15.2. The van der Waals surface area contributed by atoms with Gasteiger partial charge in [0.25, 0.3) is 0 Å². The van der Waals surface area contributed by atoms with Gasteiger partial charge in [0.1, 0.15) is 0 Å². The Kier molecular flexibility index (Phi) is 9.97. The van der Waals surface area contributed by atoms with E-state index in [1.54, 1.807) is 26.4 Å². The van der Waals surface area contributed by atoms with Crippen LogP contribution in [0.1, 0.15) is 52.0 Å². The van der Waals surface area contributed by atoms with Gasteiger partial charge in [-0.05, 0) is 62.8 Å². The Labute approximate surface area is 191 Å². The molecule has 0 spiro atoms. The second kappa shape index (κ2) is 12.2. The second-order valence-corrected chi connectivity index (χ2v) is 8.72. The summed E-state index contributed by atoms with van der Waals surface area (Å²) in [4.78, 5) is 4.35. The van der Waals surface area contributed by atoms with Crippen LogP contribution in [-0.4, -0.2) is 59.4 Å². The highest BCUT2D eigenvalue weighted by molar-refractivity contribution is 6.43. The van der Waals surface area contributed by atoms with Crippen LogP contribution in [0.3, 0.4) is 0 Å². The van der Waals surface area contributed by atoms with Crippen LogP contribution in [0.15, 0.2) is 36.7 Å². The molecule has 1 aromatic carbocycles. The third-order valence-corrected chi connectivity index (χ3v) is 5.14. The minimum absolute atomic E-state index is 0.157. The van der Waals surface area contributed by atoms with Gasteiger partial charge in [-0.15, -0.1) is 0 Å². The van der Waals surface area contributed by atoms with E-state index in [0.29, 0.717) is 24.5 Å². The minimum atomic E-state index is -1.08. The van der Waals surface area contributed by atoms with Crippen LogP contribution in [0, 0.1) is 0 Å². The SMILES string of the molecule is CCCOc1cc(-c2cncc([C@H](CO)CB(O)OC(C)(C)C[C@H](C)O)c2)ccc1OC. The van der Waals surface area contributed by atoms with Crippen molar-refractivity contribution in [3.8, 4) is 22.6 Å². The fraction of sp³-hybridized carbons (Fsp3) is 0.542. The number of aliphatic hydroxyl groups excluding tert-OH is 2. The van der Waals surface area contributed by atoms with Crippen LogP contribution in [0.5, 0.6) is 11.5 Å². The molecule has 0 aliphatic carbocycles. The lowest BCUT2D eigenvalue weighted by atomic mass is 9.74. The van der Waals surface area contributed by atoms with Crippen molar-refractivity contribution in [2.24, 2.45) is 0 Å². The maximum Gasteiger partial charge on any atom is 0.455 e. The topological polar surface area (TPSA) is 101 Å². The van der Waals surface area contributed by atoms with E-state index in [4.69, 9.17) is 14.1 Å². The Balaban J connectivity index is 2.20. The predicted octanol–water partition coefficient (Wildman–Crippen LogP) is 3.67. The molecule has 32 heavy (non-hydrogen) atoms. The van der Waals surface area contributed by atoms with Crippen molar-refractivity contribution in [2.75, 3.05) is 20.3 Å². The number of aromatic nitrogens is 1. The maximum absolute atomic E-state index is 10.5. The number of rotatable bonds is 13. The molecule has 176 valence electrons. The van der Waals surface area contributed by atoms with E-state index in [1.807, 2.05) is 45.0 Å². The molecule has 0 aliphatic rings. The van der Waals surface area contributed by atoms with Gasteiger partial charge in [-0.2, -0.15) is 0 Å². The van der Waals surface area contributed by atoms with Crippen LogP contribution in [-0.2, 0) is 4.65 Å². The Hall–Kier alpha value is -2.13. The quantitative estimate of drug-likeness (QED) is 0.405. The molecule has 0 unspecified atom stereocenters. The van der Waals surface area contributed by atoms with Crippen LogP contribution in [0.4, 0.5) is 0 Å². The van der Waals surface area contributed by atoms with Crippen LogP contribution in [0.25, 0.3) is 11.1 Å². The lowest BCUT2D eigenvalue weighted by Gasteiger charge is -2.29. The van der Waals surface area contributed by atoms with E-state index in [-0.39, 0.29) is 18.8 Å². The van der Waals surface area contributed by atoms with E-state index < -0.39 is 18.8 Å². The van der Waals surface area contributed by atoms with Gasteiger partial charge in [-0.25, -0.2) is 0 Å². The lowest BCUT2D eigenvalue weighted by Crippen LogP contribution is -2.37. The summed E-state index contributed by atoms with van der Waals surface area (Å²) >= 11 is 0. The molecule has 8 heteroatoms. The zero-order valence-electron chi connectivity index (χ0n) is 19.7. The largest absolute Gasteiger partial charge is 0.493 e. The number of hydrogen-bond donors (Lipinski definition) is 3. The highest BCUT2D eigenvalue weighted by Crippen LogP contribution is 2.34. The zero-order chi connectivity index (χ0) is 23.7. The van der Waals surface area contributed by atoms with Gasteiger partial charge < -0.3 is 29.4 Å². The molecule has 0 fully saturated rings. The van der Waals surface area contributed by atoms with E-state index in [2.05, 4.69) is 4.98 Å². The second-order valence-electron chi connectivity index (χ2n) is 8.72. The Bertz CT molecular complexity index is 845. The van der Waals surface area contributed by atoms with Crippen LogP contribution < -0.4 is 9.47 Å². The smallest absolute Gasteiger partial charge is 0.455 e. The fourth-order valence-electron chi connectivity index (χ4n) is 3.76. The summed E-state index contributed by atoms with van der Waals surface area (Å²) in [5, 5.41) is 30.0. The first-order valence-corrected chi connectivity index (χ1v) is 11.1. The lowest BCUT2D eigenvalue weighted by molar-refractivity contribution is 0.0285. The van der Waals surface area contributed by atoms with Gasteiger partial charge in [0.05, 0.1) is 25.4 Å². The summed E-state index contributed by atoms with van der Waals surface area (Å²) in [6.07, 6.45) is 4.39. The summed E-state index contributed by atoms with van der Waals surface area (Å²) in [6.45, 7) is 7.80. The number of methoxy groups -OCH3 is 1. The molecule has 2 aromatic rings. The molecule has 1 heterocycles. The summed E-state index contributed by atoms with van der Waals surface area (Å²) in [7, 11) is 0.525. The van der Waals surface area contributed by atoms with Crippen molar-refractivity contribution in [3.05, 3.63) is 42.2 Å². The van der Waals surface area contributed by atoms with Gasteiger partial charge in [0.15, 0.2) is 11.5 Å². The normalized spacial score (nSPS) is 13.5. The number of benzene rings is 1. The summed E-state index contributed by atoms with van der Waals surface area (Å²) in [5.74, 6) is 0.980. The van der Waals surface area contributed by atoms with Crippen molar-refractivity contribution in [3.63, 3.8) is 0 Å². The van der Waals surface area contributed by atoms with Crippen molar-refractivity contribution >= 4 is 7.12 Å². The van der Waals surface area contributed by atoms with Crippen LogP contribution in [0.2, 0.25) is 6.32 Å². The third-order valence-electron chi connectivity index (χ3n) is 5.14. The van der Waals surface area contributed by atoms with Crippen molar-refractivity contribution in [1.82, 2.24) is 4.98 Å². The maximum atomic E-state index is 10.5. The molecule has 1 aromatic heterocycles. The van der Waals surface area contributed by atoms with Crippen LogP contribution >= 0.6 is 0 Å². The van der Waals surface area contributed by atoms with Gasteiger partial charge in [-0.1, -0.05) is 13.0 Å². The molecule has 0 radical (unpaired) electrons. The van der Waals surface area contributed by atoms with Crippen molar-refractivity contribution < 1.29 is 29.4 Å². The van der Waals surface area contributed by atoms with E-state index in [1.165, 1.54) is 0 Å². The monoisotopic (exact) mass is 445 g/mol. The summed E-state index contributed by atoms with van der Waals surface area (Å²) < 4.78 is 16.9. The average molecular weight is 445 g/mol. The molecule has 0 bridgehead atoms.